The molecule has 1 saturated heterocycles. The van der Waals surface area contributed by atoms with Crippen LogP contribution in [0.15, 0.2) is 46.9 Å². The Hall–Kier alpha value is -1.79. The smallest absolute Gasteiger partial charge is 0.266 e. The average Bonchev–Trinajstić information content (AvgIpc) is 3.02. The van der Waals surface area contributed by atoms with Crippen molar-refractivity contribution in [1.29, 1.82) is 0 Å². The monoisotopic (exact) mass is 388 g/mol. The molecule has 0 unspecified atom stereocenters. The molecule has 1 atom stereocenters. The van der Waals surface area contributed by atoms with Crippen LogP contribution in [0.25, 0.3) is 0 Å². The van der Waals surface area contributed by atoms with Crippen LogP contribution in [0.5, 0.6) is 0 Å². The summed E-state index contributed by atoms with van der Waals surface area (Å²) in [5, 5.41) is 2.91. The largest absolute Gasteiger partial charge is 0.323 e. The van der Waals surface area contributed by atoms with Crippen LogP contribution in [0, 0.1) is 6.92 Å². The van der Waals surface area contributed by atoms with Crippen LogP contribution >= 0.6 is 27.7 Å². The molecule has 0 aliphatic carbocycles. The Kier molecular flexibility index (Phi) is 3.28. The molecule has 2 aromatic carbocycles. The molecule has 2 aliphatic heterocycles. The van der Waals surface area contributed by atoms with Gasteiger partial charge in [0.05, 0.1) is 5.75 Å². The topological polar surface area (TPSA) is 49.4 Å². The van der Waals surface area contributed by atoms with Gasteiger partial charge in [0.1, 0.15) is 0 Å². The molecule has 23 heavy (non-hydrogen) atoms. The van der Waals surface area contributed by atoms with E-state index in [1.165, 1.54) is 11.8 Å². The fourth-order valence-corrected chi connectivity index (χ4v) is 4.71. The molecule has 0 saturated carbocycles. The number of fused-ring (bicyclic) bond motifs is 2. The average molecular weight is 389 g/mol. The Labute approximate surface area is 146 Å². The van der Waals surface area contributed by atoms with E-state index in [9.17, 15) is 9.59 Å². The Morgan fingerprint density at radius 2 is 2.00 bits per heavy atom. The minimum Gasteiger partial charge on any atom is -0.323 e. The molecule has 6 heteroatoms. The number of carbonyl (C=O) groups excluding carboxylic acids is 2. The maximum atomic E-state index is 12.8. The van der Waals surface area contributed by atoms with Crippen molar-refractivity contribution in [3.63, 3.8) is 0 Å². The standard InChI is InChI=1S/C17H13BrN2O2S/c1-10-8-11(6-7-13(10)18)20-15(21)9-23-17(20)12-4-2-3-5-14(12)19-16(17)22/h2-8H,9H2,1H3,(H,19,22)/t17-/m0/s1. The molecule has 4 rings (SSSR count). The van der Waals surface area contributed by atoms with Crippen molar-refractivity contribution in [3.8, 4) is 0 Å². The van der Waals surface area contributed by atoms with Crippen LogP contribution < -0.4 is 10.2 Å². The van der Waals surface area contributed by atoms with Crippen LogP contribution in [0.1, 0.15) is 11.1 Å². The number of halogens is 1. The van der Waals surface area contributed by atoms with Crippen LogP contribution in [-0.2, 0) is 14.5 Å². The maximum absolute atomic E-state index is 12.8. The second-order valence-electron chi connectivity index (χ2n) is 5.60. The van der Waals surface area contributed by atoms with Gasteiger partial charge in [-0.15, -0.1) is 11.8 Å². The van der Waals surface area contributed by atoms with Crippen LogP contribution in [-0.4, -0.2) is 17.6 Å². The van der Waals surface area contributed by atoms with Gasteiger partial charge in [-0.2, -0.15) is 0 Å². The van der Waals surface area contributed by atoms with Crippen molar-refractivity contribution < 1.29 is 9.59 Å². The van der Waals surface area contributed by atoms with Crippen molar-refractivity contribution in [3.05, 3.63) is 58.1 Å². The number of amides is 2. The number of aryl methyl sites for hydroxylation is 1. The first kappa shape index (κ1) is 14.8. The van der Waals surface area contributed by atoms with E-state index >= 15 is 0 Å². The first-order chi connectivity index (χ1) is 11.0. The number of hydrogen-bond acceptors (Lipinski definition) is 3. The summed E-state index contributed by atoms with van der Waals surface area (Å²) in [6.07, 6.45) is 0. The summed E-state index contributed by atoms with van der Waals surface area (Å²) in [6, 6.07) is 13.3. The Morgan fingerprint density at radius 3 is 2.78 bits per heavy atom. The molecule has 2 heterocycles. The lowest BCUT2D eigenvalue weighted by molar-refractivity contribution is -0.122. The van der Waals surface area contributed by atoms with Gasteiger partial charge in [-0.05, 0) is 36.8 Å². The fourth-order valence-electron chi connectivity index (χ4n) is 3.15. The third-order valence-corrected chi connectivity index (χ3v) is 6.50. The lowest BCUT2D eigenvalue weighted by Crippen LogP contribution is -2.47. The Bertz CT molecular complexity index is 854. The molecule has 0 aromatic heterocycles. The van der Waals surface area contributed by atoms with Crippen molar-refractivity contribution in [2.75, 3.05) is 16.0 Å². The summed E-state index contributed by atoms with van der Waals surface area (Å²) >= 11 is 4.85. The SMILES string of the molecule is Cc1cc(N2C(=O)CS[C@@]23C(=O)Nc2ccccc23)ccc1Br. The highest BCUT2D eigenvalue weighted by molar-refractivity contribution is 9.10. The van der Waals surface area contributed by atoms with Gasteiger partial charge in [0.15, 0.2) is 0 Å². The van der Waals surface area contributed by atoms with Crippen molar-refractivity contribution in [2.45, 2.75) is 11.8 Å². The second kappa shape index (κ2) is 5.11. The van der Waals surface area contributed by atoms with Crippen LogP contribution in [0.3, 0.4) is 0 Å². The number of para-hydroxylation sites is 1. The zero-order valence-corrected chi connectivity index (χ0v) is 14.7. The Balaban J connectivity index is 1.93. The summed E-state index contributed by atoms with van der Waals surface area (Å²) in [5.74, 6) is 0.0790. The van der Waals surface area contributed by atoms with E-state index in [2.05, 4.69) is 21.2 Å². The van der Waals surface area contributed by atoms with E-state index in [0.717, 1.165) is 27.0 Å². The number of carbonyl (C=O) groups is 2. The quantitative estimate of drug-likeness (QED) is 0.810. The van der Waals surface area contributed by atoms with E-state index in [1.54, 1.807) is 4.90 Å². The summed E-state index contributed by atoms with van der Waals surface area (Å²) in [6.45, 7) is 1.97. The number of nitrogens with one attached hydrogen (secondary N) is 1. The van der Waals surface area contributed by atoms with Gasteiger partial charge in [0, 0.05) is 21.4 Å². The minimum atomic E-state index is -1.01. The van der Waals surface area contributed by atoms with E-state index in [-0.39, 0.29) is 17.6 Å². The summed E-state index contributed by atoms with van der Waals surface area (Å²) < 4.78 is 0.978. The number of benzene rings is 2. The van der Waals surface area contributed by atoms with Crippen molar-refractivity contribution in [2.24, 2.45) is 0 Å². The highest BCUT2D eigenvalue weighted by Gasteiger charge is 2.58. The Morgan fingerprint density at radius 1 is 1.22 bits per heavy atom. The number of rotatable bonds is 1. The lowest BCUT2D eigenvalue weighted by Gasteiger charge is -2.32. The second-order valence-corrected chi connectivity index (χ2v) is 7.62. The highest BCUT2D eigenvalue weighted by atomic mass is 79.9. The normalized spacial score (nSPS) is 22.6. The molecule has 116 valence electrons. The van der Waals surface area contributed by atoms with Gasteiger partial charge in [0.2, 0.25) is 10.8 Å². The number of thioether (sulfide) groups is 1. The molecular formula is C17H13BrN2O2S. The first-order valence-electron chi connectivity index (χ1n) is 7.18. The molecule has 2 aliphatic rings. The van der Waals surface area contributed by atoms with E-state index in [0.29, 0.717) is 0 Å². The van der Waals surface area contributed by atoms with Gasteiger partial charge in [-0.25, -0.2) is 0 Å². The molecule has 1 fully saturated rings. The lowest BCUT2D eigenvalue weighted by atomic mass is 10.0. The highest BCUT2D eigenvalue weighted by Crippen LogP contribution is 2.53. The van der Waals surface area contributed by atoms with E-state index in [1.807, 2.05) is 49.4 Å². The summed E-state index contributed by atoms with van der Waals surface area (Å²) in [4.78, 5) is 26.0. The minimum absolute atomic E-state index is 0.0522. The van der Waals surface area contributed by atoms with E-state index in [4.69, 9.17) is 0 Å². The van der Waals surface area contributed by atoms with Gasteiger partial charge < -0.3 is 5.32 Å². The van der Waals surface area contributed by atoms with Crippen LogP contribution in [0.2, 0.25) is 0 Å². The molecule has 0 radical (unpaired) electrons. The molecule has 1 spiro atoms. The van der Waals surface area contributed by atoms with Crippen LogP contribution in [0.4, 0.5) is 11.4 Å². The van der Waals surface area contributed by atoms with Crippen molar-refractivity contribution in [1.82, 2.24) is 0 Å². The predicted molar refractivity (Wildman–Crippen MR) is 95.6 cm³/mol. The van der Waals surface area contributed by atoms with E-state index < -0.39 is 4.87 Å². The molecule has 0 bridgehead atoms. The molecule has 4 nitrogen and oxygen atoms in total. The molecule has 2 aromatic rings. The van der Waals surface area contributed by atoms with Gasteiger partial charge in [0.25, 0.3) is 5.91 Å². The van der Waals surface area contributed by atoms with Gasteiger partial charge in [-0.3, -0.25) is 14.5 Å². The summed E-state index contributed by atoms with van der Waals surface area (Å²) in [7, 11) is 0. The predicted octanol–water partition coefficient (Wildman–Crippen LogP) is 3.64. The van der Waals surface area contributed by atoms with Gasteiger partial charge >= 0.3 is 0 Å². The van der Waals surface area contributed by atoms with Crippen molar-refractivity contribution >= 4 is 50.9 Å². The van der Waals surface area contributed by atoms with Gasteiger partial charge in [-0.1, -0.05) is 34.1 Å². The fraction of sp³-hybridized carbons (Fsp3) is 0.176. The number of anilines is 2. The first-order valence-corrected chi connectivity index (χ1v) is 8.96. The molecule has 2 amide bonds. The third-order valence-electron chi connectivity index (χ3n) is 4.22. The summed E-state index contributed by atoms with van der Waals surface area (Å²) in [5.41, 5.74) is 3.39. The molecular weight excluding hydrogens is 376 g/mol. The number of hydrogen-bond donors (Lipinski definition) is 1. The zero-order chi connectivity index (χ0) is 16.2. The third kappa shape index (κ3) is 1.98. The number of nitrogens with zero attached hydrogens (tertiary/aromatic N) is 1. The maximum Gasteiger partial charge on any atom is 0.266 e. The molecule has 1 N–H and O–H groups in total. The zero-order valence-electron chi connectivity index (χ0n) is 12.3.